The van der Waals surface area contributed by atoms with E-state index in [1.807, 2.05) is 19.1 Å². The molecule has 3 heterocycles. The van der Waals surface area contributed by atoms with E-state index in [4.69, 9.17) is 4.42 Å². The van der Waals surface area contributed by atoms with E-state index in [-0.39, 0.29) is 23.3 Å². The number of rotatable bonds is 4. The molecule has 1 atom stereocenters. The van der Waals surface area contributed by atoms with Crippen molar-refractivity contribution in [1.82, 2.24) is 10.3 Å². The van der Waals surface area contributed by atoms with Gasteiger partial charge in [0.05, 0.1) is 17.2 Å². The highest BCUT2D eigenvalue weighted by Gasteiger charge is 2.28. The predicted molar refractivity (Wildman–Crippen MR) is 88.4 cm³/mol. The van der Waals surface area contributed by atoms with Gasteiger partial charge in [-0.15, -0.1) is 11.3 Å². The Balaban J connectivity index is 1.67. The summed E-state index contributed by atoms with van der Waals surface area (Å²) in [6.07, 6.45) is 0.612. The minimum absolute atomic E-state index is 0.00405. The second kappa shape index (κ2) is 6.09. The summed E-state index contributed by atoms with van der Waals surface area (Å²) >= 11 is 1.28. The zero-order valence-electron chi connectivity index (χ0n) is 13.0. The maximum absolute atomic E-state index is 12.3. The molecule has 2 aromatic heterocycles. The highest BCUT2D eigenvalue weighted by molar-refractivity contribution is 7.91. The third-order valence-corrected chi connectivity index (χ3v) is 6.84. The summed E-state index contributed by atoms with van der Waals surface area (Å²) < 4.78 is 28.4. The average Bonchev–Trinajstić information content (AvgIpc) is 3.15. The molecule has 1 aliphatic heterocycles. The summed E-state index contributed by atoms with van der Waals surface area (Å²) in [6.45, 7) is 4.02. The number of nitrogens with one attached hydrogen (secondary N) is 1. The smallest absolute Gasteiger partial charge is 0.263 e. The van der Waals surface area contributed by atoms with Crippen LogP contribution >= 0.6 is 11.3 Å². The Kier molecular flexibility index (Phi) is 4.29. The molecule has 6 nitrogen and oxygen atoms in total. The van der Waals surface area contributed by atoms with Crippen molar-refractivity contribution in [3.63, 3.8) is 0 Å². The Morgan fingerprint density at radius 2 is 2.22 bits per heavy atom. The molecule has 0 bridgehead atoms. The lowest BCUT2D eigenvalue weighted by Gasteiger charge is -2.08. The van der Waals surface area contributed by atoms with Crippen molar-refractivity contribution in [2.24, 2.45) is 5.92 Å². The van der Waals surface area contributed by atoms with Crippen molar-refractivity contribution in [2.75, 3.05) is 18.1 Å². The fraction of sp³-hybridized carbons (Fsp3) is 0.467. The van der Waals surface area contributed by atoms with E-state index in [0.29, 0.717) is 34.3 Å². The van der Waals surface area contributed by atoms with Crippen LogP contribution in [-0.2, 0) is 9.84 Å². The number of carbonyl (C=O) groups is 1. The molecule has 3 rings (SSSR count). The Morgan fingerprint density at radius 1 is 1.43 bits per heavy atom. The van der Waals surface area contributed by atoms with Crippen molar-refractivity contribution < 1.29 is 17.6 Å². The quantitative estimate of drug-likeness (QED) is 0.909. The van der Waals surface area contributed by atoms with Gasteiger partial charge in [-0.3, -0.25) is 4.79 Å². The molecule has 0 radical (unpaired) electrons. The molecule has 1 saturated heterocycles. The molecule has 0 saturated carbocycles. The first-order valence-corrected chi connectivity index (χ1v) is 10.0. The molecule has 124 valence electrons. The Hall–Kier alpha value is -1.67. The van der Waals surface area contributed by atoms with Crippen LogP contribution in [0.15, 0.2) is 16.5 Å². The Labute approximate surface area is 138 Å². The molecule has 1 fully saturated rings. The molecule has 2 aromatic rings. The molecule has 1 unspecified atom stereocenters. The molecule has 8 heteroatoms. The second-order valence-corrected chi connectivity index (χ2v) is 9.05. The number of hydrogen-bond donors (Lipinski definition) is 1. The van der Waals surface area contributed by atoms with Crippen molar-refractivity contribution in [3.05, 3.63) is 28.5 Å². The van der Waals surface area contributed by atoms with Gasteiger partial charge >= 0.3 is 0 Å². The third kappa shape index (κ3) is 3.64. The van der Waals surface area contributed by atoms with Gasteiger partial charge in [-0.1, -0.05) is 0 Å². The number of aryl methyl sites for hydroxylation is 2. The van der Waals surface area contributed by atoms with Gasteiger partial charge in [0.2, 0.25) is 0 Å². The van der Waals surface area contributed by atoms with E-state index < -0.39 is 9.84 Å². The van der Waals surface area contributed by atoms with Crippen LogP contribution in [0.25, 0.3) is 10.8 Å². The highest BCUT2D eigenvalue weighted by atomic mass is 32.2. The van der Waals surface area contributed by atoms with Gasteiger partial charge in [-0.25, -0.2) is 13.4 Å². The molecule has 23 heavy (non-hydrogen) atoms. The largest absolute Gasteiger partial charge is 0.459 e. The summed E-state index contributed by atoms with van der Waals surface area (Å²) in [6, 6.07) is 3.69. The number of furan rings is 1. The maximum Gasteiger partial charge on any atom is 0.263 e. The van der Waals surface area contributed by atoms with Crippen molar-refractivity contribution in [2.45, 2.75) is 20.3 Å². The topological polar surface area (TPSA) is 89.3 Å². The lowest BCUT2D eigenvalue weighted by molar-refractivity contribution is 0.0951. The average molecular weight is 354 g/mol. The van der Waals surface area contributed by atoms with Crippen molar-refractivity contribution in [3.8, 4) is 10.8 Å². The van der Waals surface area contributed by atoms with Gasteiger partial charge in [-0.05, 0) is 38.3 Å². The standard InChI is InChI=1S/C15H18N2O4S2/c1-9-3-4-12(21-9)15-17-10(2)13(22-15)14(18)16-7-11-5-6-23(19,20)8-11/h3-4,11H,5-8H2,1-2H3,(H,16,18). The van der Waals surface area contributed by atoms with Crippen molar-refractivity contribution >= 4 is 27.1 Å². The van der Waals surface area contributed by atoms with Crippen LogP contribution in [0.3, 0.4) is 0 Å². The first-order chi connectivity index (χ1) is 10.8. The van der Waals surface area contributed by atoms with Crippen LogP contribution in [0.1, 0.15) is 27.5 Å². The number of nitrogens with zero attached hydrogens (tertiary/aromatic N) is 1. The predicted octanol–water partition coefficient (Wildman–Crippen LogP) is 2.18. The lowest BCUT2D eigenvalue weighted by atomic mass is 10.1. The molecule has 1 aliphatic rings. The van der Waals surface area contributed by atoms with Gasteiger partial charge in [0.25, 0.3) is 5.91 Å². The first kappa shape index (κ1) is 16.2. The molecule has 0 spiro atoms. The number of thiazole rings is 1. The van der Waals surface area contributed by atoms with Gasteiger partial charge in [0.15, 0.2) is 20.6 Å². The summed E-state index contributed by atoms with van der Waals surface area (Å²) in [4.78, 5) is 17.2. The van der Waals surface area contributed by atoms with Gasteiger partial charge < -0.3 is 9.73 Å². The van der Waals surface area contributed by atoms with E-state index >= 15 is 0 Å². The summed E-state index contributed by atoms with van der Waals surface area (Å²) in [7, 11) is -2.92. The summed E-state index contributed by atoms with van der Waals surface area (Å²) in [5.74, 6) is 1.61. The number of hydrogen-bond acceptors (Lipinski definition) is 6. The zero-order chi connectivity index (χ0) is 16.6. The van der Waals surface area contributed by atoms with Crippen LogP contribution in [0.2, 0.25) is 0 Å². The molecule has 1 N–H and O–H groups in total. The minimum atomic E-state index is -2.92. The number of aromatic nitrogens is 1. The van der Waals surface area contributed by atoms with Crippen LogP contribution in [0, 0.1) is 19.8 Å². The molecular formula is C15H18N2O4S2. The van der Waals surface area contributed by atoms with E-state index in [1.54, 1.807) is 6.92 Å². The van der Waals surface area contributed by atoms with Crippen LogP contribution < -0.4 is 5.32 Å². The normalized spacial score (nSPS) is 19.8. The molecule has 1 amide bonds. The maximum atomic E-state index is 12.3. The SMILES string of the molecule is Cc1ccc(-c2nc(C)c(C(=O)NCC3CCS(=O)(=O)C3)s2)o1. The highest BCUT2D eigenvalue weighted by Crippen LogP contribution is 2.29. The molecule has 0 aromatic carbocycles. The van der Waals surface area contributed by atoms with Gasteiger partial charge in [0.1, 0.15) is 10.6 Å². The molecular weight excluding hydrogens is 336 g/mol. The first-order valence-electron chi connectivity index (χ1n) is 7.37. The lowest BCUT2D eigenvalue weighted by Crippen LogP contribution is -2.29. The number of carbonyl (C=O) groups excluding carboxylic acids is 1. The van der Waals surface area contributed by atoms with E-state index in [2.05, 4.69) is 10.3 Å². The number of amides is 1. The summed E-state index contributed by atoms with van der Waals surface area (Å²) in [5, 5.41) is 3.50. The van der Waals surface area contributed by atoms with Crippen LogP contribution in [0.4, 0.5) is 0 Å². The number of sulfone groups is 1. The molecule has 0 aliphatic carbocycles. The fourth-order valence-corrected chi connectivity index (χ4v) is 5.42. The van der Waals surface area contributed by atoms with Crippen LogP contribution in [0.5, 0.6) is 0 Å². The Morgan fingerprint density at radius 3 is 2.83 bits per heavy atom. The Bertz CT molecular complexity index is 836. The summed E-state index contributed by atoms with van der Waals surface area (Å²) in [5.41, 5.74) is 0.649. The second-order valence-electron chi connectivity index (χ2n) is 5.82. The zero-order valence-corrected chi connectivity index (χ0v) is 14.6. The van der Waals surface area contributed by atoms with Crippen molar-refractivity contribution in [1.29, 1.82) is 0 Å². The fourth-order valence-electron chi connectivity index (χ4n) is 2.61. The van der Waals surface area contributed by atoms with E-state index in [0.717, 1.165) is 5.76 Å². The third-order valence-electron chi connectivity index (χ3n) is 3.83. The van der Waals surface area contributed by atoms with E-state index in [1.165, 1.54) is 11.3 Å². The van der Waals surface area contributed by atoms with Gasteiger partial charge in [0, 0.05) is 6.54 Å². The van der Waals surface area contributed by atoms with Crippen LogP contribution in [-0.4, -0.2) is 37.4 Å². The van der Waals surface area contributed by atoms with E-state index in [9.17, 15) is 13.2 Å². The minimum Gasteiger partial charge on any atom is -0.459 e. The van der Waals surface area contributed by atoms with Gasteiger partial charge in [-0.2, -0.15) is 0 Å². The monoisotopic (exact) mass is 354 g/mol.